The molecule has 0 saturated carbocycles. The van der Waals surface area contributed by atoms with Crippen LogP contribution in [-0.2, 0) is 4.79 Å². The van der Waals surface area contributed by atoms with Gasteiger partial charge in [-0.2, -0.15) is 0 Å². The molecule has 106 valence electrons. The van der Waals surface area contributed by atoms with Crippen molar-refractivity contribution in [3.63, 3.8) is 0 Å². The van der Waals surface area contributed by atoms with Crippen LogP contribution in [0.1, 0.15) is 20.3 Å². The van der Waals surface area contributed by atoms with Crippen molar-refractivity contribution in [2.24, 2.45) is 0 Å². The summed E-state index contributed by atoms with van der Waals surface area (Å²) in [5.41, 5.74) is 0.0880. The second-order valence-electron chi connectivity index (χ2n) is 4.67. The first-order valence-electron chi connectivity index (χ1n) is 6.33. The molecular weight excluding hydrogens is 262 g/mol. The van der Waals surface area contributed by atoms with Crippen LogP contribution in [0.15, 0.2) is 24.3 Å². The molecule has 3 amide bonds. The van der Waals surface area contributed by atoms with E-state index in [0.29, 0.717) is 0 Å². The molecule has 1 aliphatic rings. The van der Waals surface area contributed by atoms with E-state index in [1.54, 1.807) is 0 Å². The molecule has 0 N–H and O–H groups in total. The monoisotopic (exact) mass is 277 g/mol. The quantitative estimate of drug-likeness (QED) is 0.479. The predicted octanol–water partition coefficient (Wildman–Crippen LogP) is 2.16. The first-order chi connectivity index (χ1) is 9.45. The van der Waals surface area contributed by atoms with Crippen molar-refractivity contribution in [1.82, 2.24) is 4.90 Å². The highest BCUT2D eigenvalue weighted by atomic mass is 16.6. The van der Waals surface area contributed by atoms with Crippen LogP contribution in [0, 0.1) is 10.1 Å². The van der Waals surface area contributed by atoms with Crippen molar-refractivity contribution < 1.29 is 14.5 Å². The molecule has 1 aliphatic heterocycles. The van der Waals surface area contributed by atoms with Gasteiger partial charge in [-0.3, -0.25) is 14.9 Å². The third kappa shape index (κ3) is 2.34. The SMILES string of the molecule is CCC(C)N1CC(=O)N(c2cccc([N+](=O)[O-])c2)C1=O. The maximum atomic E-state index is 12.3. The van der Waals surface area contributed by atoms with Gasteiger partial charge in [0.05, 0.1) is 10.6 Å². The van der Waals surface area contributed by atoms with E-state index >= 15 is 0 Å². The second kappa shape index (κ2) is 5.28. The molecule has 1 aromatic carbocycles. The predicted molar refractivity (Wildman–Crippen MR) is 72.4 cm³/mol. The van der Waals surface area contributed by atoms with Crippen LogP contribution in [0.5, 0.6) is 0 Å². The molecule has 0 aromatic heterocycles. The van der Waals surface area contributed by atoms with E-state index in [0.717, 1.165) is 11.3 Å². The van der Waals surface area contributed by atoms with Gasteiger partial charge in [-0.15, -0.1) is 0 Å². The van der Waals surface area contributed by atoms with Gasteiger partial charge in [0.25, 0.3) is 11.6 Å². The third-order valence-electron chi connectivity index (χ3n) is 3.41. The summed E-state index contributed by atoms with van der Waals surface area (Å²) in [6.45, 7) is 3.80. The smallest absolute Gasteiger partial charge is 0.312 e. The standard InChI is InChI=1S/C13H15N3O4/c1-3-9(2)14-8-12(17)15(13(14)18)10-5-4-6-11(7-10)16(19)20/h4-7,9H,3,8H2,1-2H3. The molecule has 1 heterocycles. The Kier molecular flexibility index (Phi) is 3.69. The lowest BCUT2D eigenvalue weighted by atomic mass is 10.2. The van der Waals surface area contributed by atoms with Crippen molar-refractivity contribution >= 4 is 23.3 Å². The molecule has 0 radical (unpaired) electrons. The van der Waals surface area contributed by atoms with Crippen molar-refractivity contribution in [2.75, 3.05) is 11.4 Å². The van der Waals surface area contributed by atoms with E-state index in [1.807, 2.05) is 13.8 Å². The van der Waals surface area contributed by atoms with Gasteiger partial charge in [0, 0.05) is 18.2 Å². The largest absolute Gasteiger partial charge is 0.332 e. The van der Waals surface area contributed by atoms with Gasteiger partial charge in [-0.1, -0.05) is 13.0 Å². The van der Waals surface area contributed by atoms with Crippen LogP contribution in [0.25, 0.3) is 0 Å². The zero-order chi connectivity index (χ0) is 14.9. The van der Waals surface area contributed by atoms with E-state index in [2.05, 4.69) is 0 Å². The van der Waals surface area contributed by atoms with Crippen LogP contribution in [0.4, 0.5) is 16.2 Å². The number of benzene rings is 1. The summed E-state index contributed by atoms with van der Waals surface area (Å²) in [7, 11) is 0. The first kappa shape index (κ1) is 14.0. The van der Waals surface area contributed by atoms with Crippen LogP contribution in [0.3, 0.4) is 0 Å². The molecule has 7 nitrogen and oxygen atoms in total. The summed E-state index contributed by atoms with van der Waals surface area (Å²) in [6.07, 6.45) is 0.738. The number of nitro benzene ring substituents is 1. The highest BCUT2D eigenvalue weighted by molar-refractivity contribution is 6.20. The lowest BCUT2D eigenvalue weighted by Gasteiger charge is -2.22. The Morgan fingerprint density at radius 1 is 1.40 bits per heavy atom. The first-order valence-corrected chi connectivity index (χ1v) is 6.33. The van der Waals surface area contributed by atoms with Crippen molar-refractivity contribution in [2.45, 2.75) is 26.3 Å². The Morgan fingerprint density at radius 2 is 2.10 bits per heavy atom. The minimum atomic E-state index is -0.555. The number of urea groups is 1. The summed E-state index contributed by atoms with van der Waals surface area (Å²) in [4.78, 5) is 36.9. The average Bonchev–Trinajstić information content (AvgIpc) is 2.73. The average molecular weight is 277 g/mol. The molecule has 1 saturated heterocycles. The van der Waals surface area contributed by atoms with Gasteiger partial charge in [0.1, 0.15) is 6.54 Å². The van der Waals surface area contributed by atoms with Crippen molar-refractivity contribution in [3.05, 3.63) is 34.4 Å². The number of carbonyl (C=O) groups excluding carboxylic acids is 2. The maximum absolute atomic E-state index is 12.3. The number of imide groups is 1. The topological polar surface area (TPSA) is 83.8 Å². The maximum Gasteiger partial charge on any atom is 0.332 e. The van der Waals surface area contributed by atoms with Crippen LogP contribution in [0.2, 0.25) is 0 Å². The fourth-order valence-corrected chi connectivity index (χ4v) is 2.08. The number of non-ortho nitro benzene ring substituents is 1. The summed E-state index contributed by atoms with van der Waals surface area (Å²) in [6, 6.07) is 5.06. The number of amides is 3. The van der Waals surface area contributed by atoms with Gasteiger partial charge in [-0.05, 0) is 19.4 Å². The number of rotatable bonds is 4. The molecule has 20 heavy (non-hydrogen) atoms. The molecule has 1 atom stereocenters. The Balaban J connectivity index is 2.33. The van der Waals surface area contributed by atoms with Gasteiger partial charge in [-0.25, -0.2) is 9.69 Å². The fraction of sp³-hybridized carbons (Fsp3) is 0.385. The number of anilines is 1. The summed E-state index contributed by atoms with van der Waals surface area (Å²) in [5, 5.41) is 10.8. The molecule has 7 heteroatoms. The zero-order valence-electron chi connectivity index (χ0n) is 11.3. The number of carbonyl (C=O) groups is 2. The van der Waals surface area contributed by atoms with Crippen LogP contribution >= 0.6 is 0 Å². The van der Waals surface area contributed by atoms with Crippen molar-refractivity contribution in [1.29, 1.82) is 0 Å². The van der Waals surface area contributed by atoms with E-state index in [1.165, 1.54) is 29.2 Å². The van der Waals surface area contributed by atoms with Crippen molar-refractivity contribution in [3.8, 4) is 0 Å². The fourth-order valence-electron chi connectivity index (χ4n) is 2.08. The van der Waals surface area contributed by atoms with E-state index in [-0.39, 0.29) is 29.9 Å². The molecule has 2 rings (SSSR count). The Labute approximate surface area is 115 Å². The van der Waals surface area contributed by atoms with Gasteiger partial charge >= 0.3 is 6.03 Å². The number of hydrogen-bond donors (Lipinski definition) is 0. The summed E-state index contributed by atoms with van der Waals surface area (Å²) >= 11 is 0. The van der Waals surface area contributed by atoms with Gasteiger partial charge in [0.15, 0.2) is 0 Å². The lowest BCUT2D eigenvalue weighted by molar-refractivity contribution is -0.384. The molecular formula is C13H15N3O4. The van der Waals surface area contributed by atoms with Gasteiger partial charge < -0.3 is 4.90 Å². The van der Waals surface area contributed by atoms with Gasteiger partial charge in [0.2, 0.25) is 0 Å². The van der Waals surface area contributed by atoms with E-state index in [9.17, 15) is 19.7 Å². The van der Waals surface area contributed by atoms with E-state index < -0.39 is 11.0 Å². The van der Waals surface area contributed by atoms with Crippen LogP contribution < -0.4 is 4.90 Å². The Bertz CT molecular complexity index is 572. The minimum absolute atomic E-state index is 0.0104. The zero-order valence-corrected chi connectivity index (χ0v) is 11.3. The highest BCUT2D eigenvalue weighted by Gasteiger charge is 2.39. The molecule has 0 aliphatic carbocycles. The number of nitrogens with zero attached hydrogens (tertiary/aromatic N) is 3. The summed E-state index contributed by atoms with van der Waals surface area (Å²) in [5.74, 6) is -0.365. The summed E-state index contributed by atoms with van der Waals surface area (Å²) < 4.78 is 0. The molecule has 1 unspecified atom stereocenters. The second-order valence-corrected chi connectivity index (χ2v) is 4.67. The highest BCUT2D eigenvalue weighted by Crippen LogP contribution is 2.26. The lowest BCUT2D eigenvalue weighted by Crippen LogP contribution is -2.37. The molecule has 1 fully saturated rings. The Morgan fingerprint density at radius 3 is 2.70 bits per heavy atom. The van der Waals surface area contributed by atoms with Crippen LogP contribution in [-0.4, -0.2) is 34.3 Å². The number of hydrogen-bond acceptors (Lipinski definition) is 4. The number of nitro groups is 1. The third-order valence-corrected chi connectivity index (χ3v) is 3.41. The Hall–Kier alpha value is -2.44. The normalized spacial score (nSPS) is 16.7. The van der Waals surface area contributed by atoms with E-state index in [4.69, 9.17) is 0 Å². The molecule has 0 bridgehead atoms. The molecule has 1 aromatic rings. The minimum Gasteiger partial charge on any atom is -0.312 e. The molecule has 0 spiro atoms.